The van der Waals surface area contributed by atoms with Crippen molar-refractivity contribution in [3.63, 3.8) is 0 Å². The lowest BCUT2D eigenvalue weighted by Crippen LogP contribution is -2.41. The predicted octanol–water partition coefficient (Wildman–Crippen LogP) is 3.70. The average molecular weight is 463 g/mol. The third kappa shape index (κ3) is 5.23. The molecule has 0 atom stereocenters. The molecule has 1 heterocycles. The number of amides is 1. The Bertz CT molecular complexity index is 1130. The lowest BCUT2D eigenvalue weighted by atomic mass is 10.1. The van der Waals surface area contributed by atoms with Crippen LogP contribution < -0.4 is 24.0 Å². The molecule has 1 aliphatic heterocycles. The van der Waals surface area contributed by atoms with E-state index in [2.05, 4.69) is 4.90 Å². The van der Waals surface area contributed by atoms with Crippen LogP contribution in [0.15, 0.2) is 72.8 Å². The summed E-state index contributed by atoms with van der Waals surface area (Å²) in [7, 11) is 1.60. The minimum atomic E-state index is -1.06. The third-order valence-electron chi connectivity index (χ3n) is 5.50. The summed E-state index contributed by atoms with van der Waals surface area (Å²) in [6.07, 6.45) is 0. The van der Waals surface area contributed by atoms with Crippen molar-refractivity contribution >= 4 is 23.3 Å². The van der Waals surface area contributed by atoms with E-state index in [1.165, 1.54) is 0 Å². The van der Waals surface area contributed by atoms with E-state index >= 15 is 0 Å². The van der Waals surface area contributed by atoms with Crippen molar-refractivity contribution in [2.24, 2.45) is 0 Å². The molecule has 34 heavy (non-hydrogen) atoms. The van der Waals surface area contributed by atoms with Crippen molar-refractivity contribution in [3.8, 4) is 17.2 Å². The summed E-state index contributed by atoms with van der Waals surface area (Å²) in [5, 5.41) is 8.94. The number of carboxylic acid groups (broad SMARTS) is 1. The second-order valence-electron chi connectivity index (χ2n) is 7.64. The zero-order chi connectivity index (χ0) is 23.9. The monoisotopic (exact) mass is 462 g/mol. The molecule has 3 aromatic rings. The van der Waals surface area contributed by atoms with Crippen LogP contribution in [0.25, 0.3) is 0 Å². The molecule has 0 aromatic heterocycles. The van der Waals surface area contributed by atoms with Crippen LogP contribution in [0.4, 0.5) is 11.4 Å². The highest BCUT2D eigenvalue weighted by Gasteiger charge is 2.24. The van der Waals surface area contributed by atoms with E-state index in [1.54, 1.807) is 36.3 Å². The van der Waals surface area contributed by atoms with Crippen LogP contribution in [-0.4, -0.2) is 56.9 Å². The normalized spacial score (nSPS) is 12.3. The first kappa shape index (κ1) is 23.0. The molecule has 0 fully saturated rings. The van der Waals surface area contributed by atoms with Gasteiger partial charge in [0.15, 0.2) is 18.1 Å². The Balaban J connectivity index is 1.57. The van der Waals surface area contributed by atoms with Crippen molar-refractivity contribution in [1.82, 2.24) is 0 Å². The molecular formula is C26H26N2O6. The number of carbonyl (C=O) groups is 2. The number of benzene rings is 3. The standard InChI is InChI=1S/C26H26N2O6/c1-32-21-12-10-20(11-13-21)28(26(31)19-6-3-2-4-7-19)15-14-27-16-17-33-25-22(27)8-5-9-23(25)34-18-24(29)30/h2-13H,14-18H2,1H3,(H,29,30). The molecule has 0 bridgehead atoms. The van der Waals surface area contributed by atoms with Crippen LogP contribution in [0.3, 0.4) is 0 Å². The quantitative estimate of drug-likeness (QED) is 0.519. The number of nitrogens with zero attached hydrogens (tertiary/aromatic N) is 2. The second-order valence-corrected chi connectivity index (χ2v) is 7.64. The minimum Gasteiger partial charge on any atom is -0.497 e. The summed E-state index contributed by atoms with van der Waals surface area (Å²) in [5.74, 6) is 0.460. The summed E-state index contributed by atoms with van der Waals surface area (Å²) in [4.78, 5) is 28.2. The molecular weight excluding hydrogens is 436 g/mol. The zero-order valence-corrected chi connectivity index (χ0v) is 18.8. The first-order valence-corrected chi connectivity index (χ1v) is 10.9. The minimum absolute atomic E-state index is 0.0993. The molecule has 0 saturated carbocycles. The summed E-state index contributed by atoms with van der Waals surface area (Å²) in [6, 6.07) is 21.9. The Morgan fingerprint density at radius 1 is 1.03 bits per heavy atom. The maximum absolute atomic E-state index is 13.4. The Morgan fingerprint density at radius 3 is 2.50 bits per heavy atom. The van der Waals surface area contributed by atoms with Crippen LogP contribution >= 0.6 is 0 Å². The molecule has 0 aliphatic carbocycles. The summed E-state index contributed by atoms with van der Waals surface area (Å²) >= 11 is 0. The van der Waals surface area contributed by atoms with E-state index in [1.807, 2.05) is 48.5 Å². The van der Waals surface area contributed by atoms with Gasteiger partial charge in [0, 0.05) is 24.3 Å². The van der Waals surface area contributed by atoms with Crippen LogP contribution in [0.5, 0.6) is 17.2 Å². The fourth-order valence-corrected chi connectivity index (χ4v) is 3.83. The molecule has 1 N–H and O–H groups in total. The first-order valence-electron chi connectivity index (χ1n) is 10.9. The third-order valence-corrected chi connectivity index (χ3v) is 5.50. The van der Waals surface area contributed by atoms with Gasteiger partial charge in [0.1, 0.15) is 12.4 Å². The number of anilines is 2. The summed E-state index contributed by atoms with van der Waals surface area (Å²) in [6.45, 7) is 1.58. The van der Waals surface area contributed by atoms with Gasteiger partial charge < -0.3 is 29.1 Å². The molecule has 3 aromatic carbocycles. The highest BCUT2D eigenvalue weighted by molar-refractivity contribution is 6.06. The number of hydrogen-bond acceptors (Lipinski definition) is 6. The number of carboxylic acids is 1. The lowest BCUT2D eigenvalue weighted by Gasteiger charge is -2.34. The van der Waals surface area contributed by atoms with Crippen molar-refractivity contribution in [3.05, 3.63) is 78.4 Å². The molecule has 0 radical (unpaired) electrons. The summed E-state index contributed by atoms with van der Waals surface area (Å²) in [5.41, 5.74) is 2.17. The average Bonchev–Trinajstić information content (AvgIpc) is 2.88. The second kappa shape index (κ2) is 10.6. The topological polar surface area (TPSA) is 88.5 Å². The maximum Gasteiger partial charge on any atom is 0.341 e. The first-order chi connectivity index (χ1) is 16.6. The summed E-state index contributed by atoms with van der Waals surface area (Å²) < 4.78 is 16.5. The smallest absolute Gasteiger partial charge is 0.341 e. The van der Waals surface area contributed by atoms with Gasteiger partial charge in [-0.2, -0.15) is 0 Å². The van der Waals surface area contributed by atoms with Crippen LogP contribution in [0.1, 0.15) is 10.4 Å². The van der Waals surface area contributed by atoms with Crippen LogP contribution in [0.2, 0.25) is 0 Å². The van der Waals surface area contributed by atoms with Gasteiger partial charge in [-0.15, -0.1) is 0 Å². The largest absolute Gasteiger partial charge is 0.497 e. The number of methoxy groups -OCH3 is 1. The molecule has 0 spiro atoms. The van der Waals surface area contributed by atoms with Crippen molar-refractivity contribution < 1.29 is 28.9 Å². The van der Waals surface area contributed by atoms with Gasteiger partial charge in [-0.3, -0.25) is 4.79 Å². The Hall–Kier alpha value is -4.20. The van der Waals surface area contributed by atoms with Crippen molar-refractivity contribution in [2.75, 3.05) is 49.8 Å². The number of hydrogen-bond donors (Lipinski definition) is 1. The molecule has 0 unspecified atom stereocenters. The van der Waals surface area contributed by atoms with Gasteiger partial charge in [-0.1, -0.05) is 24.3 Å². The molecule has 0 saturated heterocycles. The number of aliphatic carboxylic acids is 1. The number of fused-ring (bicyclic) bond motifs is 1. The fourth-order valence-electron chi connectivity index (χ4n) is 3.83. The van der Waals surface area contributed by atoms with Gasteiger partial charge in [-0.05, 0) is 48.5 Å². The van der Waals surface area contributed by atoms with Crippen molar-refractivity contribution in [1.29, 1.82) is 0 Å². The Labute approximate surface area is 197 Å². The molecule has 4 rings (SSSR count). The van der Waals surface area contributed by atoms with Crippen molar-refractivity contribution in [2.45, 2.75) is 0 Å². The fraction of sp³-hybridized carbons (Fsp3) is 0.231. The van der Waals surface area contributed by atoms with Gasteiger partial charge in [0.25, 0.3) is 5.91 Å². The SMILES string of the molecule is COc1ccc(N(CCN2CCOc3c(OCC(=O)O)cccc32)C(=O)c2ccccc2)cc1. The molecule has 176 valence electrons. The molecule has 1 amide bonds. The number of rotatable bonds is 9. The Kier molecular flexibility index (Phi) is 7.17. The van der Waals surface area contributed by atoms with Gasteiger partial charge in [-0.25, -0.2) is 4.79 Å². The maximum atomic E-state index is 13.4. The lowest BCUT2D eigenvalue weighted by molar-refractivity contribution is -0.139. The van der Waals surface area contributed by atoms with Gasteiger partial charge in [0.2, 0.25) is 0 Å². The number of para-hydroxylation sites is 1. The van der Waals surface area contributed by atoms with Gasteiger partial charge >= 0.3 is 5.97 Å². The van der Waals surface area contributed by atoms with E-state index in [4.69, 9.17) is 19.3 Å². The van der Waals surface area contributed by atoms with E-state index in [-0.39, 0.29) is 5.91 Å². The number of carbonyl (C=O) groups excluding carboxylic acids is 1. The molecule has 1 aliphatic rings. The van der Waals surface area contributed by atoms with Crippen LogP contribution in [0, 0.1) is 0 Å². The van der Waals surface area contributed by atoms with E-state index in [9.17, 15) is 9.59 Å². The highest BCUT2D eigenvalue weighted by atomic mass is 16.5. The Morgan fingerprint density at radius 2 is 1.79 bits per heavy atom. The molecule has 8 heteroatoms. The number of ether oxygens (including phenoxy) is 3. The molecule has 8 nitrogen and oxygen atoms in total. The van der Waals surface area contributed by atoms with E-state index in [0.29, 0.717) is 49.1 Å². The van der Waals surface area contributed by atoms with Gasteiger partial charge in [0.05, 0.1) is 19.3 Å². The van der Waals surface area contributed by atoms with Crippen LogP contribution in [-0.2, 0) is 4.79 Å². The van der Waals surface area contributed by atoms with E-state index in [0.717, 1.165) is 11.4 Å². The zero-order valence-electron chi connectivity index (χ0n) is 18.8. The predicted molar refractivity (Wildman–Crippen MR) is 128 cm³/mol. The van der Waals surface area contributed by atoms with E-state index < -0.39 is 12.6 Å². The highest BCUT2D eigenvalue weighted by Crippen LogP contribution is 2.40.